The lowest BCUT2D eigenvalue weighted by atomic mass is 10.1. The average molecular weight is 334 g/mol. The summed E-state index contributed by atoms with van der Waals surface area (Å²) in [5, 5.41) is -0.0702. The first-order valence-electron chi connectivity index (χ1n) is 7.16. The summed E-state index contributed by atoms with van der Waals surface area (Å²) in [6.45, 7) is 6.05. The molecule has 0 aromatic heterocycles. The predicted octanol–water partition coefficient (Wildman–Crippen LogP) is 4.64. The van der Waals surface area contributed by atoms with Crippen LogP contribution in [-0.4, -0.2) is 12.3 Å². The third kappa shape index (κ3) is 4.20. The van der Waals surface area contributed by atoms with Crippen molar-refractivity contribution in [3.8, 4) is 11.5 Å². The van der Waals surface area contributed by atoms with Gasteiger partial charge in [-0.15, -0.1) is 0 Å². The van der Waals surface area contributed by atoms with Gasteiger partial charge in [0.2, 0.25) is 0 Å². The van der Waals surface area contributed by atoms with Gasteiger partial charge in [-0.2, -0.15) is 0 Å². The summed E-state index contributed by atoms with van der Waals surface area (Å²) >= 11 is 4.86. The Labute approximate surface area is 141 Å². The van der Waals surface area contributed by atoms with E-state index in [1.165, 1.54) is 18.7 Å². The number of hydrogen-bond acceptors (Lipinski definition) is 4. The number of thiocarbonyl (C=S) groups is 1. The molecule has 0 unspecified atom stereocenters. The van der Waals surface area contributed by atoms with Crippen molar-refractivity contribution in [2.45, 2.75) is 27.4 Å². The average Bonchev–Trinajstić information content (AvgIpc) is 2.51. The molecule has 0 radical (unpaired) electrons. The summed E-state index contributed by atoms with van der Waals surface area (Å²) in [5.74, 6) is 0.595. The quantitative estimate of drug-likeness (QED) is 0.761. The molecule has 3 nitrogen and oxygen atoms in total. The van der Waals surface area contributed by atoms with E-state index in [1.54, 1.807) is 12.1 Å². The van der Waals surface area contributed by atoms with Gasteiger partial charge in [-0.1, -0.05) is 12.1 Å². The number of ether oxygens (including phenoxy) is 3. The third-order valence-corrected chi connectivity index (χ3v) is 3.85. The van der Waals surface area contributed by atoms with E-state index >= 15 is 0 Å². The molecule has 0 bridgehead atoms. The van der Waals surface area contributed by atoms with Crippen molar-refractivity contribution in [1.29, 1.82) is 0 Å². The molecular formula is C18H19FO3S. The molecule has 0 atom stereocenters. The van der Waals surface area contributed by atoms with Crippen LogP contribution in [0.25, 0.3) is 0 Å². The Kier molecular flexibility index (Phi) is 5.55. The fraction of sp³-hybridized carbons (Fsp3) is 0.278. The first kappa shape index (κ1) is 17.2. The van der Waals surface area contributed by atoms with Gasteiger partial charge in [0.15, 0.2) is 0 Å². The minimum absolute atomic E-state index is 0.0394. The highest BCUT2D eigenvalue weighted by Gasteiger charge is 2.13. The zero-order valence-electron chi connectivity index (χ0n) is 13.6. The highest BCUT2D eigenvalue weighted by molar-refractivity contribution is 7.79. The Balaban J connectivity index is 2.23. The van der Waals surface area contributed by atoms with Gasteiger partial charge in [0.25, 0.3) is 0 Å². The van der Waals surface area contributed by atoms with E-state index in [1.807, 2.05) is 32.9 Å². The molecule has 0 fully saturated rings. The Hall–Kier alpha value is -2.14. The van der Waals surface area contributed by atoms with E-state index in [-0.39, 0.29) is 11.8 Å². The minimum atomic E-state index is -0.414. The van der Waals surface area contributed by atoms with Gasteiger partial charge in [0.1, 0.15) is 23.9 Å². The van der Waals surface area contributed by atoms with Gasteiger partial charge in [-0.05, 0) is 55.7 Å². The van der Waals surface area contributed by atoms with Crippen LogP contribution in [0.2, 0.25) is 0 Å². The molecule has 0 aliphatic carbocycles. The van der Waals surface area contributed by atoms with Crippen LogP contribution in [0, 0.1) is 26.6 Å². The molecule has 122 valence electrons. The summed E-state index contributed by atoms with van der Waals surface area (Å²) in [5.41, 5.74) is 3.61. The van der Waals surface area contributed by atoms with Gasteiger partial charge in [0.05, 0.1) is 12.7 Å². The van der Waals surface area contributed by atoms with Crippen molar-refractivity contribution in [3.63, 3.8) is 0 Å². The summed E-state index contributed by atoms with van der Waals surface area (Å²) in [6.07, 6.45) is 0. The second-order valence-electron chi connectivity index (χ2n) is 5.26. The van der Waals surface area contributed by atoms with E-state index < -0.39 is 5.82 Å². The smallest absolute Gasteiger partial charge is 0.357 e. The highest BCUT2D eigenvalue weighted by atomic mass is 32.1. The molecule has 0 saturated heterocycles. The van der Waals surface area contributed by atoms with Crippen molar-refractivity contribution >= 4 is 17.5 Å². The van der Waals surface area contributed by atoms with Crippen LogP contribution in [0.4, 0.5) is 4.39 Å². The van der Waals surface area contributed by atoms with E-state index in [9.17, 15) is 4.39 Å². The normalized spacial score (nSPS) is 10.3. The molecule has 0 N–H and O–H groups in total. The van der Waals surface area contributed by atoms with Gasteiger partial charge in [0, 0.05) is 12.2 Å². The summed E-state index contributed by atoms with van der Waals surface area (Å²) < 4.78 is 30.0. The number of rotatable bonds is 4. The molecule has 2 rings (SSSR count). The number of halogens is 1. The fourth-order valence-corrected chi connectivity index (χ4v) is 2.24. The maximum absolute atomic E-state index is 14.1. The highest BCUT2D eigenvalue weighted by Crippen LogP contribution is 2.27. The molecule has 2 aromatic carbocycles. The SMILES string of the molecule is COC(=S)Oc1cccc(F)c1COc1cc(C)c(C)cc1C. The topological polar surface area (TPSA) is 27.7 Å². The Morgan fingerprint density at radius 2 is 1.74 bits per heavy atom. The first-order chi connectivity index (χ1) is 10.9. The molecule has 0 amide bonds. The maximum atomic E-state index is 14.1. The zero-order valence-corrected chi connectivity index (χ0v) is 14.4. The van der Waals surface area contributed by atoms with E-state index in [2.05, 4.69) is 0 Å². The van der Waals surface area contributed by atoms with Crippen LogP contribution in [0.5, 0.6) is 11.5 Å². The minimum Gasteiger partial charge on any atom is -0.488 e. The van der Waals surface area contributed by atoms with Crippen molar-refractivity contribution < 1.29 is 18.6 Å². The second-order valence-corrected chi connectivity index (χ2v) is 5.60. The Morgan fingerprint density at radius 1 is 1.04 bits per heavy atom. The molecule has 0 heterocycles. The largest absolute Gasteiger partial charge is 0.488 e. The first-order valence-corrected chi connectivity index (χ1v) is 7.57. The number of aryl methyl sites for hydroxylation is 3. The Morgan fingerprint density at radius 3 is 2.43 bits per heavy atom. The van der Waals surface area contributed by atoms with Crippen LogP contribution in [0.1, 0.15) is 22.3 Å². The van der Waals surface area contributed by atoms with E-state index in [0.717, 1.165) is 16.9 Å². The van der Waals surface area contributed by atoms with Gasteiger partial charge >= 0.3 is 5.24 Å². The summed E-state index contributed by atoms with van der Waals surface area (Å²) in [6, 6.07) is 8.53. The molecule has 5 heteroatoms. The van der Waals surface area contributed by atoms with Crippen LogP contribution < -0.4 is 9.47 Å². The van der Waals surface area contributed by atoms with Crippen molar-refractivity contribution in [3.05, 3.63) is 58.4 Å². The fourth-order valence-electron chi connectivity index (χ4n) is 2.15. The third-order valence-electron chi connectivity index (χ3n) is 3.60. The standard InChI is InChI=1S/C18H19FO3S/c1-11-8-13(3)17(9-12(11)2)21-10-14-15(19)6-5-7-16(14)22-18(23)20-4/h5-9H,10H2,1-4H3. The zero-order chi connectivity index (χ0) is 17.0. The second kappa shape index (κ2) is 7.42. The summed E-state index contributed by atoms with van der Waals surface area (Å²) in [7, 11) is 1.40. The molecule has 0 aliphatic heterocycles. The van der Waals surface area contributed by atoms with Crippen molar-refractivity contribution in [2.75, 3.05) is 7.11 Å². The lowest BCUT2D eigenvalue weighted by Crippen LogP contribution is -2.10. The summed E-state index contributed by atoms with van der Waals surface area (Å²) in [4.78, 5) is 0. The molecule has 2 aromatic rings. The van der Waals surface area contributed by atoms with Gasteiger partial charge < -0.3 is 14.2 Å². The monoisotopic (exact) mass is 334 g/mol. The van der Waals surface area contributed by atoms with Gasteiger partial charge in [-0.25, -0.2) is 4.39 Å². The van der Waals surface area contributed by atoms with E-state index in [0.29, 0.717) is 11.3 Å². The maximum Gasteiger partial charge on any atom is 0.357 e. The predicted molar refractivity (Wildman–Crippen MR) is 91.6 cm³/mol. The lowest BCUT2D eigenvalue weighted by molar-refractivity contribution is 0.282. The molecule has 0 aliphatic rings. The van der Waals surface area contributed by atoms with Crippen LogP contribution in [0.15, 0.2) is 30.3 Å². The number of methoxy groups -OCH3 is 1. The number of benzene rings is 2. The van der Waals surface area contributed by atoms with E-state index in [4.69, 9.17) is 26.4 Å². The van der Waals surface area contributed by atoms with Gasteiger partial charge in [-0.3, -0.25) is 0 Å². The van der Waals surface area contributed by atoms with Crippen molar-refractivity contribution in [1.82, 2.24) is 0 Å². The van der Waals surface area contributed by atoms with Crippen LogP contribution in [-0.2, 0) is 11.3 Å². The van der Waals surface area contributed by atoms with Crippen LogP contribution >= 0.6 is 12.2 Å². The van der Waals surface area contributed by atoms with Crippen molar-refractivity contribution in [2.24, 2.45) is 0 Å². The van der Waals surface area contributed by atoms with Crippen LogP contribution in [0.3, 0.4) is 0 Å². The molecule has 0 spiro atoms. The Bertz CT molecular complexity index is 728. The molecule has 0 saturated carbocycles. The lowest BCUT2D eigenvalue weighted by Gasteiger charge is -2.15. The molecule has 23 heavy (non-hydrogen) atoms. The molecular weight excluding hydrogens is 315 g/mol. The number of hydrogen-bond donors (Lipinski definition) is 0.